The van der Waals surface area contributed by atoms with Gasteiger partial charge in [0.25, 0.3) is 5.91 Å². The van der Waals surface area contributed by atoms with Crippen LogP contribution in [0, 0.1) is 26.6 Å². The molecular weight excluding hydrogens is 395 g/mol. The van der Waals surface area contributed by atoms with Crippen molar-refractivity contribution in [1.82, 2.24) is 14.8 Å². The maximum Gasteiger partial charge on any atom is 0.259 e. The molecule has 0 unspecified atom stereocenters. The van der Waals surface area contributed by atoms with E-state index in [2.05, 4.69) is 15.4 Å². The number of benzene rings is 2. The molecule has 0 spiro atoms. The van der Waals surface area contributed by atoms with Crippen LogP contribution in [0.1, 0.15) is 27.3 Å². The Kier molecular flexibility index (Phi) is 5.49. The van der Waals surface area contributed by atoms with Gasteiger partial charge in [0.1, 0.15) is 11.6 Å². The minimum Gasteiger partial charge on any atom is -0.439 e. The fraction of sp³-hybridized carbons (Fsp3) is 0.125. The first kappa shape index (κ1) is 20.3. The van der Waals surface area contributed by atoms with E-state index >= 15 is 0 Å². The van der Waals surface area contributed by atoms with E-state index in [1.165, 1.54) is 18.3 Å². The summed E-state index contributed by atoms with van der Waals surface area (Å²) in [4.78, 5) is 17.1. The number of nitrogens with zero attached hydrogens (tertiary/aromatic N) is 3. The molecule has 156 valence electrons. The zero-order valence-electron chi connectivity index (χ0n) is 17.4. The molecule has 4 aromatic rings. The van der Waals surface area contributed by atoms with E-state index in [9.17, 15) is 9.18 Å². The van der Waals surface area contributed by atoms with Gasteiger partial charge < -0.3 is 10.1 Å². The first-order valence-electron chi connectivity index (χ1n) is 9.75. The highest BCUT2D eigenvalue weighted by Crippen LogP contribution is 2.23. The summed E-state index contributed by atoms with van der Waals surface area (Å²) < 4.78 is 20.6. The molecule has 0 aliphatic rings. The van der Waals surface area contributed by atoms with Crippen LogP contribution in [0.3, 0.4) is 0 Å². The van der Waals surface area contributed by atoms with Gasteiger partial charge >= 0.3 is 0 Å². The summed E-state index contributed by atoms with van der Waals surface area (Å²) in [5, 5.41) is 7.28. The van der Waals surface area contributed by atoms with E-state index in [4.69, 9.17) is 4.74 Å². The highest BCUT2D eigenvalue weighted by atomic mass is 19.1. The lowest BCUT2D eigenvalue weighted by Gasteiger charge is -2.08. The largest absolute Gasteiger partial charge is 0.439 e. The highest BCUT2D eigenvalue weighted by Gasteiger charge is 2.19. The molecule has 2 heterocycles. The predicted molar refractivity (Wildman–Crippen MR) is 116 cm³/mol. The number of pyridine rings is 1. The topological polar surface area (TPSA) is 69.0 Å². The molecule has 0 radical (unpaired) electrons. The first-order chi connectivity index (χ1) is 14.9. The van der Waals surface area contributed by atoms with E-state index < -0.39 is 0 Å². The van der Waals surface area contributed by atoms with Gasteiger partial charge in [-0.1, -0.05) is 17.7 Å². The molecule has 1 N–H and O–H groups in total. The van der Waals surface area contributed by atoms with Crippen LogP contribution < -0.4 is 10.1 Å². The molecule has 2 aromatic heterocycles. The molecule has 0 aliphatic heterocycles. The van der Waals surface area contributed by atoms with Crippen LogP contribution in [0.15, 0.2) is 66.9 Å². The number of anilines is 1. The Morgan fingerprint density at radius 2 is 1.68 bits per heavy atom. The molecule has 0 fully saturated rings. The van der Waals surface area contributed by atoms with Crippen LogP contribution in [0.5, 0.6) is 11.6 Å². The Balaban J connectivity index is 1.49. The Hall–Kier alpha value is -4.00. The standard InChI is InChI=1S/C24H21FN4O2/c1-15-4-11-21(12-5-15)31-22-13-8-19(14-26-22)27-24(30)23-16(2)28-29(17(23)3)20-9-6-18(25)7-10-20/h4-14H,1-3H3,(H,27,30). The number of nitrogens with one attached hydrogen (secondary N) is 1. The van der Waals surface area contributed by atoms with Gasteiger partial charge in [-0.25, -0.2) is 14.1 Å². The van der Waals surface area contributed by atoms with Crippen molar-refractivity contribution in [2.24, 2.45) is 0 Å². The molecule has 0 atom stereocenters. The van der Waals surface area contributed by atoms with Crippen molar-refractivity contribution in [3.05, 3.63) is 95.2 Å². The quantitative estimate of drug-likeness (QED) is 0.474. The number of aryl methyl sites for hydroxylation is 2. The third-order valence-corrected chi connectivity index (χ3v) is 4.83. The van der Waals surface area contributed by atoms with E-state index in [0.717, 1.165) is 5.56 Å². The van der Waals surface area contributed by atoms with Gasteiger partial charge in [-0.05, 0) is 63.2 Å². The zero-order valence-corrected chi connectivity index (χ0v) is 17.4. The highest BCUT2D eigenvalue weighted by molar-refractivity contribution is 6.05. The number of aromatic nitrogens is 3. The van der Waals surface area contributed by atoms with Gasteiger partial charge in [-0.2, -0.15) is 5.10 Å². The van der Waals surface area contributed by atoms with Crippen LogP contribution >= 0.6 is 0 Å². The lowest BCUT2D eigenvalue weighted by atomic mass is 10.2. The zero-order chi connectivity index (χ0) is 22.0. The van der Waals surface area contributed by atoms with Crippen molar-refractivity contribution < 1.29 is 13.9 Å². The number of carbonyl (C=O) groups is 1. The van der Waals surface area contributed by atoms with Crippen molar-refractivity contribution in [3.63, 3.8) is 0 Å². The molecule has 1 amide bonds. The predicted octanol–water partition coefficient (Wildman–Crippen LogP) is 5.38. The van der Waals surface area contributed by atoms with Gasteiger partial charge in [0, 0.05) is 6.07 Å². The number of halogens is 1. The van der Waals surface area contributed by atoms with Crippen LogP contribution in [0.2, 0.25) is 0 Å². The average molecular weight is 416 g/mol. The number of amides is 1. The SMILES string of the molecule is Cc1ccc(Oc2ccc(NC(=O)c3c(C)nn(-c4ccc(F)cc4)c3C)cn2)cc1. The molecule has 0 saturated heterocycles. The molecule has 0 bridgehead atoms. The van der Waals surface area contributed by atoms with E-state index in [1.54, 1.807) is 42.8 Å². The smallest absolute Gasteiger partial charge is 0.259 e. The second kappa shape index (κ2) is 8.39. The van der Waals surface area contributed by atoms with Crippen LogP contribution in [0.25, 0.3) is 5.69 Å². The summed E-state index contributed by atoms with van der Waals surface area (Å²) in [6, 6.07) is 17.0. The lowest BCUT2D eigenvalue weighted by Crippen LogP contribution is -2.14. The Morgan fingerprint density at radius 1 is 0.968 bits per heavy atom. The summed E-state index contributed by atoms with van der Waals surface area (Å²) in [6.07, 6.45) is 1.54. The normalized spacial score (nSPS) is 10.7. The number of ether oxygens (including phenoxy) is 1. The number of hydrogen-bond donors (Lipinski definition) is 1. The molecular formula is C24H21FN4O2. The minimum absolute atomic E-state index is 0.294. The summed E-state index contributed by atoms with van der Waals surface area (Å²) in [6.45, 7) is 5.57. The number of hydrogen-bond acceptors (Lipinski definition) is 4. The van der Waals surface area contributed by atoms with Gasteiger partial charge in [0.05, 0.1) is 34.5 Å². The Labute approximate surface area is 179 Å². The Bertz CT molecular complexity index is 1210. The molecule has 0 aliphatic carbocycles. The van der Waals surface area contributed by atoms with Crippen molar-refractivity contribution in [2.45, 2.75) is 20.8 Å². The van der Waals surface area contributed by atoms with Crippen molar-refractivity contribution in [3.8, 4) is 17.3 Å². The lowest BCUT2D eigenvalue weighted by molar-refractivity contribution is 0.102. The number of rotatable bonds is 5. The number of carbonyl (C=O) groups excluding carboxylic acids is 1. The molecule has 6 nitrogen and oxygen atoms in total. The molecule has 31 heavy (non-hydrogen) atoms. The van der Waals surface area contributed by atoms with Crippen LogP contribution in [-0.2, 0) is 0 Å². The van der Waals surface area contributed by atoms with Gasteiger partial charge in [0.2, 0.25) is 5.88 Å². The third kappa shape index (κ3) is 4.45. The summed E-state index contributed by atoms with van der Waals surface area (Å²) in [7, 11) is 0. The summed E-state index contributed by atoms with van der Waals surface area (Å²) in [5.74, 6) is 0.496. The fourth-order valence-electron chi connectivity index (χ4n) is 3.24. The first-order valence-corrected chi connectivity index (χ1v) is 9.75. The van der Waals surface area contributed by atoms with Gasteiger partial charge in [-0.3, -0.25) is 4.79 Å². The fourth-order valence-corrected chi connectivity index (χ4v) is 3.24. The summed E-state index contributed by atoms with van der Waals surface area (Å²) in [5.41, 5.74) is 4.06. The molecule has 7 heteroatoms. The van der Waals surface area contributed by atoms with Crippen molar-refractivity contribution in [1.29, 1.82) is 0 Å². The van der Waals surface area contributed by atoms with Gasteiger partial charge in [-0.15, -0.1) is 0 Å². The molecule has 0 saturated carbocycles. The van der Waals surface area contributed by atoms with Gasteiger partial charge in [0.15, 0.2) is 0 Å². The summed E-state index contributed by atoms with van der Waals surface area (Å²) >= 11 is 0. The maximum absolute atomic E-state index is 13.2. The van der Waals surface area contributed by atoms with Crippen molar-refractivity contribution in [2.75, 3.05) is 5.32 Å². The minimum atomic E-state index is -0.328. The molecule has 2 aromatic carbocycles. The monoisotopic (exact) mass is 416 g/mol. The van der Waals surface area contributed by atoms with E-state index in [1.807, 2.05) is 31.2 Å². The second-order valence-corrected chi connectivity index (χ2v) is 7.19. The van der Waals surface area contributed by atoms with Crippen molar-refractivity contribution >= 4 is 11.6 Å². The third-order valence-electron chi connectivity index (χ3n) is 4.83. The maximum atomic E-state index is 13.2. The molecule has 4 rings (SSSR count). The second-order valence-electron chi connectivity index (χ2n) is 7.19. The average Bonchev–Trinajstić information content (AvgIpc) is 3.06. The van der Waals surface area contributed by atoms with E-state index in [0.29, 0.717) is 40.0 Å². The Morgan fingerprint density at radius 3 is 2.32 bits per heavy atom. The van der Waals surface area contributed by atoms with Crippen LogP contribution in [-0.4, -0.2) is 20.7 Å². The van der Waals surface area contributed by atoms with Crippen LogP contribution in [0.4, 0.5) is 10.1 Å². The van der Waals surface area contributed by atoms with E-state index in [-0.39, 0.29) is 11.7 Å².